The molecule has 0 unspecified atom stereocenters. The fourth-order valence-electron chi connectivity index (χ4n) is 4.32. The summed E-state index contributed by atoms with van der Waals surface area (Å²) >= 11 is 0. The number of hydrogen-bond donors (Lipinski definition) is 1. The topological polar surface area (TPSA) is 56.2 Å². The van der Waals surface area contributed by atoms with Gasteiger partial charge in [0.15, 0.2) is 0 Å². The summed E-state index contributed by atoms with van der Waals surface area (Å²) in [6.45, 7) is 2.75. The molecule has 0 atom stereocenters. The molecular weight excluding hydrogens is 410 g/mol. The maximum atomic E-state index is 12.3. The summed E-state index contributed by atoms with van der Waals surface area (Å²) in [7, 11) is 0. The molecule has 0 spiro atoms. The Morgan fingerprint density at radius 3 is 2.48 bits per heavy atom. The first-order valence-electron chi connectivity index (χ1n) is 11.1. The van der Waals surface area contributed by atoms with Crippen LogP contribution in [0.5, 0.6) is 0 Å². The number of benzene rings is 3. The van der Waals surface area contributed by atoms with E-state index in [1.54, 1.807) is 6.20 Å². The predicted molar refractivity (Wildman–Crippen MR) is 130 cm³/mol. The predicted octanol–water partition coefficient (Wildman–Crippen LogP) is 5.73. The average Bonchev–Trinajstić information content (AvgIpc) is 3.44. The zero-order valence-corrected chi connectivity index (χ0v) is 18.4. The molecule has 5 heteroatoms. The average molecular weight is 436 g/mol. The van der Waals surface area contributed by atoms with Gasteiger partial charge in [0.05, 0.1) is 11.9 Å². The highest BCUT2D eigenvalue weighted by Gasteiger charge is 2.28. The van der Waals surface area contributed by atoms with Crippen molar-refractivity contribution in [3.8, 4) is 16.8 Å². The molecule has 0 saturated heterocycles. The van der Waals surface area contributed by atoms with Gasteiger partial charge in [-0.3, -0.25) is 0 Å². The first kappa shape index (κ1) is 20.8. The van der Waals surface area contributed by atoms with Crippen molar-refractivity contribution < 1.29 is 9.53 Å². The van der Waals surface area contributed by atoms with Crippen molar-refractivity contribution in [1.29, 1.82) is 0 Å². The van der Waals surface area contributed by atoms with E-state index in [1.165, 1.54) is 27.8 Å². The highest BCUT2D eigenvalue weighted by atomic mass is 16.5. The summed E-state index contributed by atoms with van der Waals surface area (Å²) in [6, 6.07) is 24.8. The Labute approximate surface area is 193 Å². The molecule has 1 heterocycles. The van der Waals surface area contributed by atoms with Gasteiger partial charge in [-0.1, -0.05) is 72.8 Å². The van der Waals surface area contributed by atoms with Crippen LogP contribution in [-0.2, 0) is 4.74 Å². The minimum Gasteiger partial charge on any atom is -0.449 e. The van der Waals surface area contributed by atoms with E-state index in [2.05, 4.69) is 53.7 Å². The second-order valence-electron chi connectivity index (χ2n) is 8.17. The summed E-state index contributed by atoms with van der Waals surface area (Å²) in [5.41, 5.74) is 8.02. The van der Waals surface area contributed by atoms with Crippen molar-refractivity contribution >= 4 is 12.2 Å². The van der Waals surface area contributed by atoms with Crippen molar-refractivity contribution in [2.75, 3.05) is 13.2 Å². The van der Waals surface area contributed by atoms with Crippen LogP contribution in [0.2, 0.25) is 0 Å². The Hall–Kier alpha value is -4.12. The molecule has 5 nitrogen and oxygen atoms in total. The lowest BCUT2D eigenvalue weighted by Crippen LogP contribution is -2.26. The molecule has 5 rings (SSSR count). The van der Waals surface area contributed by atoms with E-state index < -0.39 is 6.09 Å². The number of carbonyl (C=O) groups excluding carboxylic acids is 1. The van der Waals surface area contributed by atoms with Crippen LogP contribution in [0.1, 0.15) is 28.2 Å². The number of alkyl carbamates (subject to hydrolysis) is 1. The maximum Gasteiger partial charge on any atom is 0.407 e. The van der Waals surface area contributed by atoms with Crippen LogP contribution in [0.3, 0.4) is 0 Å². The van der Waals surface area contributed by atoms with Gasteiger partial charge in [-0.15, -0.1) is 0 Å². The fourth-order valence-corrected chi connectivity index (χ4v) is 4.32. The van der Waals surface area contributed by atoms with Gasteiger partial charge in [-0.25, -0.2) is 9.48 Å². The van der Waals surface area contributed by atoms with Crippen molar-refractivity contribution in [1.82, 2.24) is 15.1 Å². The third-order valence-electron chi connectivity index (χ3n) is 5.89. The number of carbonyl (C=O) groups is 1. The number of ether oxygens (including phenoxy) is 1. The molecular formula is C28H25N3O2. The van der Waals surface area contributed by atoms with E-state index in [4.69, 9.17) is 4.74 Å². The van der Waals surface area contributed by atoms with Gasteiger partial charge in [-0.05, 0) is 46.9 Å². The largest absolute Gasteiger partial charge is 0.449 e. The summed E-state index contributed by atoms with van der Waals surface area (Å²) in [5.74, 6) is 0.0613. The fraction of sp³-hybridized carbons (Fsp3) is 0.143. The Morgan fingerprint density at radius 2 is 1.76 bits per heavy atom. The van der Waals surface area contributed by atoms with Gasteiger partial charge < -0.3 is 10.1 Å². The second kappa shape index (κ2) is 9.17. The lowest BCUT2D eigenvalue weighted by molar-refractivity contribution is 0.144. The maximum absolute atomic E-state index is 12.3. The molecule has 1 aromatic heterocycles. The number of fused-ring (bicyclic) bond motifs is 3. The lowest BCUT2D eigenvalue weighted by Gasteiger charge is -2.14. The highest BCUT2D eigenvalue weighted by Crippen LogP contribution is 2.44. The Balaban J connectivity index is 1.14. The molecule has 0 aliphatic heterocycles. The first-order chi connectivity index (χ1) is 16.2. The van der Waals surface area contributed by atoms with Crippen LogP contribution in [0.4, 0.5) is 4.79 Å². The van der Waals surface area contributed by atoms with Crippen LogP contribution in [0.15, 0.2) is 91.3 Å². The molecule has 4 aromatic rings. The first-order valence-corrected chi connectivity index (χ1v) is 11.1. The molecule has 0 saturated carbocycles. The van der Waals surface area contributed by atoms with E-state index in [0.717, 1.165) is 11.3 Å². The quantitative estimate of drug-likeness (QED) is 0.421. The normalized spacial score (nSPS) is 12.5. The third-order valence-corrected chi connectivity index (χ3v) is 5.89. The molecule has 164 valence electrons. The van der Waals surface area contributed by atoms with E-state index in [0.29, 0.717) is 13.2 Å². The molecule has 1 aliphatic rings. The van der Waals surface area contributed by atoms with Gasteiger partial charge in [-0.2, -0.15) is 5.10 Å². The van der Waals surface area contributed by atoms with Gasteiger partial charge in [0.25, 0.3) is 0 Å². The van der Waals surface area contributed by atoms with E-state index in [-0.39, 0.29) is 5.92 Å². The SMILES string of the molecule is Cc1cccc(-n2cc(C=CCNC(=O)OCC3c4ccccc4-c4ccccc43)cn2)c1. The molecule has 1 aliphatic carbocycles. The van der Waals surface area contributed by atoms with Crippen LogP contribution in [0, 0.1) is 6.92 Å². The monoisotopic (exact) mass is 435 g/mol. The molecule has 3 aromatic carbocycles. The number of aromatic nitrogens is 2. The van der Waals surface area contributed by atoms with Gasteiger partial charge in [0, 0.05) is 24.2 Å². The number of amides is 1. The minimum atomic E-state index is -0.419. The van der Waals surface area contributed by atoms with Crippen molar-refractivity contribution in [3.05, 3.63) is 114 Å². The van der Waals surface area contributed by atoms with E-state index >= 15 is 0 Å². The second-order valence-corrected chi connectivity index (χ2v) is 8.17. The Kier molecular flexibility index (Phi) is 5.77. The van der Waals surface area contributed by atoms with Gasteiger partial charge >= 0.3 is 6.09 Å². The highest BCUT2D eigenvalue weighted by molar-refractivity contribution is 5.79. The molecule has 1 amide bonds. The molecule has 33 heavy (non-hydrogen) atoms. The summed E-state index contributed by atoms with van der Waals surface area (Å²) in [4.78, 5) is 12.3. The standard InChI is InChI=1S/C28H25N3O2/c1-20-8-6-10-22(16-20)31-18-21(17-30-31)9-7-15-29-28(32)33-19-27-25-13-4-2-11-23(25)24-12-3-5-14-26(24)27/h2-14,16-18,27H,15,19H2,1H3,(H,29,32). The number of aryl methyl sites for hydroxylation is 1. The van der Waals surface area contributed by atoms with Crippen LogP contribution in [-0.4, -0.2) is 29.0 Å². The molecule has 0 bridgehead atoms. The van der Waals surface area contributed by atoms with E-state index in [9.17, 15) is 4.79 Å². The third kappa shape index (κ3) is 4.44. The van der Waals surface area contributed by atoms with Crippen molar-refractivity contribution in [2.45, 2.75) is 12.8 Å². The summed E-state index contributed by atoms with van der Waals surface area (Å²) < 4.78 is 7.40. The smallest absolute Gasteiger partial charge is 0.407 e. The number of hydrogen-bond acceptors (Lipinski definition) is 3. The minimum absolute atomic E-state index is 0.0613. The number of nitrogens with zero attached hydrogens (tertiary/aromatic N) is 2. The Bertz CT molecular complexity index is 1280. The summed E-state index contributed by atoms with van der Waals surface area (Å²) in [6.07, 6.45) is 7.16. The number of rotatable bonds is 6. The van der Waals surface area contributed by atoms with Crippen LogP contribution in [0.25, 0.3) is 22.9 Å². The van der Waals surface area contributed by atoms with E-state index in [1.807, 2.05) is 59.4 Å². The van der Waals surface area contributed by atoms with Crippen molar-refractivity contribution in [2.24, 2.45) is 0 Å². The van der Waals surface area contributed by atoms with Gasteiger partial charge in [0.1, 0.15) is 6.61 Å². The van der Waals surface area contributed by atoms with Crippen LogP contribution < -0.4 is 5.32 Å². The summed E-state index contributed by atoms with van der Waals surface area (Å²) in [5, 5.41) is 7.20. The molecule has 0 radical (unpaired) electrons. The molecule has 1 N–H and O–H groups in total. The Morgan fingerprint density at radius 1 is 1.03 bits per heavy atom. The zero-order chi connectivity index (χ0) is 22.6. The van der Waals surface area contributed by atoms with Crippen molar-refractivity contribution in [3.63, 3.8) is 0 Å². The lowest BCUT2D eigenvalue weighted by atomic mass is 9.98. The zero-order valence-electron chi connectivity index (χ0n) is 18.4. The van der Waals surface area contributed by atoms with Gasteiger partial charge in [0.2, 0.25) is 0 Å². The van der Waals surface area contributed by atoms with Crippen LogP contribution >= 0.6 is 0 Å². The number of nitrogens with one attached hydrogen (secondary N) is 1. The molecule has 0 fully saturated rings.